The van der Waals surface area contributed by atoms with Gasteiger partial charge in [0.05, 0.1) is 17.3 Å². The lowest BCUT2D eigenvalue weighted by Crippen LogP contribution is -2.48. The maximum Gasteiger partial charge on any atom is 0.228 e. The van der Waals surface area contributed by atoms with Crippen LogP contribution in [0.4, 0.5) is 0 Å². The van der Waals surface area contributed by atoms with Crippen molar-refractivity contribution in [3.8, 4) is 11.3 Å². The molecule has 0 spiro atoms. The van der Waals surface area contributed by atoms with E-state index >= 15 is 0 Å². The molecule has 0 aliphatic carbocycles. The molecular weight excluding hydrogens is 352 g/mol. The van der Waals surface area contributed by atoms with Gasteiger partial charge in [0.25, 0.3) is 0 Å². The summed E-state index contributed by atoms with van der Waals surface area (Å²) in [7, 11) is 3.78. The van der Waals surface area contributed by atoms with Crippen LogP contribution in [0.2, 0.25) is 0 Å². The van der Waals surface area contributed by atoms with Gasteiger partial charge in [-0.2, -0.15) is 5.10 Å². The number of amides is 2. The summed E-state index contributed by atoms with van der Waals surface area (Å²) in [5.74, 6) is -0.135. The number of carbonyl (C=O) groups excluding carboxylic acids is 2. The summed E-state index contributed by atoms with van der Waals surface area (Å²) in [6.45, 7) is 5.30. The van der Waals surface area contributed by atoms with Crippen LogP contribution in [0.15, 0.2) is 30.3 Å². The molecule has 1 aromatic carbocycles. The number of rotatable bonds is 2. The highest BCUT2D eigenvalue weighted by Crippen LogP contribution is 2.36. The largest absolute Gasteiger partial charge is 0.342 e. The molecule has 28 heavy (non-hydrogen) atoms. The predicted molar refractivity (Wildman–Crippen MR) is 108 cm³/mol. The molecule has 6 nitrogen and oxygen atoms in total. The molecular formula is C22H28N4O2. The summed E-state index contributed by atoms with van der Waals surface area (Å²) in [5.41, 5.74) is 4.17. The van der Waals surface area contributed by atoms with E-state index in [9.17, 15) is 9.59 Å². The second-order valence-corrected chi connectivity index (χ2v) is 8.45. The molecule has 1 atom stereocenters. The Hall–Kier alpha value is -2.63. The van der Waals surface area contributed by atoms with E-state index in [4.69, 9.17) is 5.10 Å². The Bertz CT molecular complexity index is 916. The van der Waals surface area contributed by atoms with E-state index in [0.29, 0.717) is 19.5 Å². The molecule has 1 aromatic heterocycles. The van der Waals surface area contributed by atoms with Crippen molar-refractivity contribution in [2.45, 2.75) is 38.6 Å². The van der Waals surface area contributed by atoms with Crippen molar-refractivity contribution in [2.24, 2.45) is 13.0 Å². The van der Waals surface area contributed by atoms with Crippen LogP contribution < -0.4 is 0 Å². The van der Waals surface area contributed by atoms with Gasteiger partial charge in [0.15, 0.2) is 0 Å². The van der Waals surface area contributed by atoms with Crippen LogP contribution in [0.5, 0.6) is 0 Å². The monoisotopic (exact) mass is 380 g/mol. The van der Waals surface area contributed by atoms with Gasteiger partial charge in [0.1, 0.15) is 0 Å². The highest BCUT2D eigenvalue weighted by Gasteiger charge is 2.49. The summed E-state index contributed by atoms with van der Waals surface area (Å²) < 4.78 is 1.96. The quantitative estimate of drug-likeness (QED) is 0.803. The van der Waals surface area contributed by atoms with Crippen LogP contribution in [0, 0.1) is 5.92 Å². The molecule has 2 amide bonds. The standard InChI is InChI=1S/C22H28N4O2/c1-22(2)17(14-19(27)24(22)3)21(28)26-12-10-16-18(11-13-26)23-25(4)20(16)15-8-6-5-7-9-15/h5-9,17H,10-14H2,1-4H3. The fourth-order valence-electron chi connectivity index (χ4n) is 4.59. The van der Waals surface area contributed by atoms with Gasteiger partial charge in [-0.05, 0) is 20.3 Å². The van der Waals surface area contributed by atoms with E-state index < -0.39 is 5.54 Å². The number of fused-ring (bicyclic) bond motifs is 1. The van der Waals surface area contributed by atoms with E-state index in [2.05, 4.69) is 12.1 Å². The Morgan fingerprint density at radius 1 is 1.11 bits per heavy atom. The minimum atomic E-state index is -0.442. The third kappa shape index (κ3) is 2.91. The Morgan fingerprint density at radius 2 is 1.79 bits per heavy atom. The Labute approximate surface area is 166 Å². The van der Waals surface area contributed by atoms with Crippen LogP contribution in [0.3, 0.4) is 0 Å². The van der Waals surface area contributed by atoms with Gasteiger partial charge in [-0.25, -0.2) is 0 Å². The first kappa shape index (κ1) is 18.7. The molecule has 0 bridgehead atoms. The zero-order valence-corrected chi connectivity index (χ0v) is 17.1. The zero-order chi connectivity index (χ0) is 20.1. The zero-order valence-electron chi connectivity index (χ0n) is 17.1. The number of aromatic nitrogens is 2. The Kier molecular flexibility index (Phi) is 4.52. The molecule has 1 saturated heterocycles. The maximum absolute atomic E-state index is 13.3. The first-order chi connectivity index (χ1) is 13.3. The fourth-order valence-corrected chi connectivity index (χ4v) is 4.59. The van der Waals surface area contributed by atoms with Gasteiger partial charge in [0, 0.05) is 56.7 Å². The third-order valence-corrected chi connectivity index (χ3v) is 6.61. The molecule has 1 unspecified atom stereocenters. The average Bonchev–Trinajstić information content (AvgIpc) is 2.99. The van der Waals surface area contributed by atoms with Gasteiger partial charge in [-0.15, -0.1) is 0 Å². The molecule has 148 valence electrons. The SMILES string of the molecule is CN1C(=O)CC(C(=O)N2CCc3nn(C)c(-c4ccccc4)c3CC2)C1(C)C. The molecule has 2 aromatic rings. The van der Waals surface area contributed by atoms with Gasteiger partial charge in [-0.3, -0.25) is 14.3 Å². The van der Waals surface area contributed by atoms with Gasteiger partial charge in [0.2, 0.25) is 11.8 Å². The van der Waals surface area contributed by atoms with Gasteiger partial charge >= 0.3 is 0 Å². The lowest BCUT2D eigenvalue weighted by atomic mass is 9.87. The summed E-state index contributed by atoms with van der Waals surface area (Å²) >= 11 is 0. The van der Waals surface area contributed by atoms with E-state index in [1.165, 1.54) is 5.56 Å². The molecule has 0 saturated carbocycles. The fraction of sp³-hybridized carbons (Fsp3) is 0.500. The molecule has 2 aliphatic heterocycles. The van der Waals surface area contributed by atoms with Gasteiger partial charge in [-0.1, -0.05) is 30.3 Å². The topological polar surface area (TPSA) is 58.4 Å². The van der Waals surface area contributed by atoms with Crippen LogP contribution in [-0.4, -0.2) is 57.1 Å². The van der Waals surface area contributed by atoms with E-state index in [-0.39, 0.29) is 17.7 Å². The number of hydrogen-bond acceptors (Lipinski definition) is 3. The number of hydrogen-bond donors (Lipinski definition) is 0. The Balaban J connectivity index is 1.57. The first-order valence-corrected chi connectivity index (χ1v) is 9.96. The minimum Gasteiger partial charge on any atom is -0.342 e. The summed E-state index contributed by atoms with van der Waals surface area (Å²) in [6.07, 6.45) is 1.84. The molecule has 3 heterocycles. The second kappa shape index (κ2) is 6.76. The van der Waals surface area contributed by atoms with Crippen molar-refractivity contribution >= 4 is 11.8 Å². The minimum absolute atomic E-state index is 0.0510. The van der Waals surface area contributed by atoms with E-state index in [1.807, 2.05) is 48.7 Å². The van der Waals surface area contributed by atoms with Crippen LogP contribution in [0.25, 0.3) is 11.3 Å². The lowest BCUT2D eigenvalue weighted by Gasteiger charge is -2.35. The number of benzene rings is 1. The van der Waals surface area contributed by atoms with Gasteiger partial charge < -0.3 is 9.80 Å². The third-order valence-electron chi connectivity index (χ3n) is 6.61. The highest BCUT2D eigenvalue weighted by atomic mass is 16.2. The van der Waals surface area contributed by atoms with E-state index in [1.54, 1.807) is 11.9 Å². The van der Waals surface area contributed by atoms with Crippen molar-refractivity contribution in [1.82, 2.24) is 19.6 Å². The highest BCUT2D eigenvalue weighted by molar-refractivity contribution is 5.91. The molecule has 1 fully saturated rings. The summed E-state index contributed by atoms with van der Waals surface area (Å²) in [5, 5.41) is 4.75. The second-order valence-electron chi connectivity index (χ2n) is 8.45. The molecule has 6 heteroatoms. The van der Waals surface area contributed by atoms with Crippen molar-refractivity contribution in [3.63, 3.8) is 0 Å². The molecule has 0 N–H and O–H groups in total. The average molecular weight is 380 g/mol. The first-order valence-electron chi connectivity index (χ1n) is 9.96. The van der Waals surface area contributed by atoms with Crippen LogP contribution in [-0.2, 0) is 29.5 Å². The number of aryl methyl sites for hydroxylation is 1. The number of likely N-dealkylation sites (tertiary alicyclic amines) is 1. The molecule has 0 radical (unpaired) electrons. The van der Waals surface area contributed by atoms with E-state index in [0.717, 1.165) is 29.8 Å². The van der Waals surface area contributed by atoms with Crippen LogP contribution in [0.1, 0.15) is 31.5 Å². The lowest BCUT2D eigenvalue weighted by molar-refractivity contribution is -0.137. The van der Waals surface area contributed by atoms with Crippen molar-refractivity contribution in [2.75, 3.05) is 20.1 Å². The summed E-state index contributed by atoms with van der Waals surface area (Å²) in [4.78, 5) is 29.1. The molecule has 2 aliphatic rings. The smallest absolute Gasteiger partial charge is 0.228 e. The number of carbonyl (C=O) groups is 2. The summed E-state index contributed by atoms with van der Waals surface area (Å²) in [6, 6.07) is 10.3. The Morgan fingerprint density at radius 3 is 2.43 bits per heavy atom. The molecule has 4 rings (SSSR count). The maximum atomic E-state index is 13.3. The van der Waals surface area contributed by atoms with Crippen molar-refractivity contribution < 1.29 is 9.59 Å². The predicted octanol–water partition coefficient (Wildman–Crippen LogP) is 2.27. The van der Waals surface area contributed by atoms with Crippen molar-refractivity contribution in [1.29, 1.82) is 0 Å². The normalized spacial score (nSPS) is 21.6. The number of nitrogens with zero attached hydrogens (tertiary/aromatic N) is 4. The van der Waals surface area contributed by atoms with Crippen molar-refractivity contribution in [3.05, 3.63) is 41.6 Å². The van der Waals surface area contributed by atoms with Crippen LogP contribution >= 0.6 is 0 Å².